The lowest BCUT2D eigenvalue weighted by molar-refractivity contribution is -0.116. The largest absolute Gasteiger partial charge is 0.319 e. The number of carbonyl (C=O) groups is 1. The first-order chi connectivity index (χ1) is 9.29. The van der Waals surface area contributed by atoms with Gasteiger partial charge in [0.05, 0.1) is 6.54 Å². The number of hydrogen-bond acceptors (Lipinski definition) is 3. The fourth-order valence-electron chi connectivity index (χ4n) is 1.77. The number of hydrogen-bond donors (Lipinski definition) is 2. The Bertz CT molecular complexity index is 521. The van der Waals surface area contributed by atoms with Crippen LogP contribution in [0.2, 0.25) is 0 Å². The molecule has 5 nitrogen and oxygen atoms in total. The van der Waals surface area contributed by atoms with Gasteiger partial charge >= 0.3 is 0 Å². The molecule has 1 heterocycles. The van der Waals surface area contributed by atoms with E-state index in [-0.39, 0.29) is 5.91 Å². The van der Waals surface area contributed by atoms with Gasteiger partial charge in [0.25, 0.3) is 0 Å². The second-order valence-corrected chi connectivity index (χ2v) is 4.27. The molecule has 0 fully saturated rings. The molecule has 5 heteroatoms. The Morgan fingerprint density at radius 2 is 2.11 bits per heavy atom. The van der Waals surface area contributed by atoms with E-state index >= 15 is 0 Å². The average Bonchev–Trinajstić information content (AvgIpc) is 2.85. The van der Waals surface area contributed by atoms with Crippen LogP contribution in [0.4, 0.5) is 5.95 Å². The second kappa shape index (κ2) is 6.70. The number of carbonyl (C=O) groups excluding carboxylic acids is 1. The quantitative estimate of drug-likeness (QED) is 0.825. The fraction of sp³-hybridized carbons (Fsp3) is 0.286. The molecule has 1 amide bonds. The van der Waals surface area contributed by atoms with Crippen LogP contribution in [0, 0.1) is 0 Å². The monoisotopic (exact) mass is 258 g/mol. The van der Waals surface area contributed by atoms with Crippen LogP contribution in [0.25, 0.3) is 0 Å². The summed E-state index contributed by atoms with van der Waals surface area (Å²) in [6.45, 7) is 1.35. The van der Waals surface area contributed by atoms with E-state index in [0.717, 1.165) is 0 Å². The van der Waals surface area contributed by atoms with Crippen molar-refractivity contribution in [3.63, 3.8) is 0 Å². The highest BCUT2D eigenvalue weighted by Crippen LogP contribution is 2.09. The summed E-state index contributed by atoms with van der Waals surface area (Å²) in [5.41, 5.74) is 1.17. The van der Waals surface area contributed by atoms with Crippen molar-refractivity contribution in [2.75, 3.05) is 18.9 Å². The highest BCUT2D eigenvalue weighted by Gasteiger charge is 2.07. The molecule has 0 bridgehead atoms. The minimum Gasteiger partial charge on any atom is -0.319 e. The number of nitrogens with one attached hydrogen (secondary N) is 2. The smallest absolute Gasteiger partial charge is 0.227 e. The van der Waals surface area contributed by atoms with Crippen LogP contribution in [0.15, 0.2) is 42.7 Å². The summed E-state index contributed by atoms with van der Waals surface area (Å²) in [5.74, 6) is 0.555. The Hall–Kier alpha value is -2.14. The number of anilines is 1. The second-order valence-electron chi connectivity index (χ2n) is 4.27. The lowest BCUT2D eigenvalue weighted by Gasteiger charge is -2.09. The first-order valence-electron chi connectivity index (χ1n) is 6.29. The molecule has 2 rings (SSSR count). The molecular weight excluding hydrogens is 240 g/mol. The molecule has 0 atom stereocenters. The molecular formula is C14H18N4O. The van der Waals surface area contributed by atoms with Crippen LogP contribution in [0.3, 0.4) is 0 Å². The Morgan fingerprint density at radius 1 is 1.32 bits per heavy atom. The third kappa shape index (κ3) is 3.93. The molecule has 19 heavy (non-hydrogen) atoms. The molecule has 0 saturated carbocycles. The van der Waals surface area contributed by atoms with E-state index in [1.54, 1.807) is 6.20 Å². The van der Waals surface area contributed by atoms with Crippen molar-refractivity contribution in [3.05, 3.63) is 48.3 Å². The molecule has 2 N–H and O–H groups in total. The Kier molecular flexibility index (Phi) is 4.69. The molecule has 0 spiro atoms. The van der Waals surface area contributed by atoms with Crippen LogP contribution in [0.1, 0.15) is 12.0 Å². The van der Waals surface area contributed by atoms with Crippen LogP contribution in [-0.4, -0.2) is 29.1 Å². The van der Waals surface area contributed by atoms with Gasteiger partial charge in [-0.1, -0.05) is 30.3 Å². The van der Waals surface area contributed by atoms with E-state index in [4.69, 9.17) is 0 Å². The number of imidazole rings is 1. The summed E-state index contributed by atoms with van der Waals surface area (Å²) in [4.78, 5) is 15.8. The van der Waals surface area contributed by atoms with Gasteiger partial charge in [0.15, 0.2) is 0 Å². The molecule has 0 unspecified atom stereocenters. The van der Waals surface area contributed by atoms with Gasteiger partial charge in [0.1, 0.15) is 0 Å². The lowest BCUT2D eigenvalue weighted by Crippen LogP contribution is -2.20. The van der Waals surface area contributed by atoms with Gasteiger partial charge in [-0.3, -0.25) is 10.1 Å². The molecule has 2 aromatic rings. The number of benzene rings is 1. The SMILES string of the molecule is CNCCC(=O)Nc1nccn1Cc1ccccc1. The first kappa shape index (κ1) is 13.3. The lowest BCUT2D eigenvalue weighted by atomic mass is 10.2. The van der Waals surface area contributed by atoms with Crippen LogP contribution < -0.4 is 10.6 Å². The zero-order chi connectivity index (χ0) is 13.5. The summed E-state index contributed by atoms with van der Waals surface area (Å²) in [7, 11) is 1.82. The fourth-order valence-corrected chi connectivity index (χ4v) is 1.77. The van der Waals surface area contributed by atoms with Crippen molar-refractivity contribution in [3.8, 4) is 0 Å². The Labute approximate surface area is 112 Å². The summed E-state index contributed by atoms with van der Waals surface area (Å²) >= 11 is 0. The summed E-state index contributed by atoms with van der Waals surface area (Å²) in [5, 5.41) is 5.76. The van der Waals surface area contributed by atoms with Crippen LogP contribution >= 0.6 is 0 Å². The van der Waals surface area contributed by atoms with Crippen molar-refractivity contribution in [2.45, 2.75) is 13.0 Å². The number of aromatic nitrogens is 2. The molecule has 1 aromatic carbocycles. The minimum atomic E-state index is -0.0325. The van der Waals surface area contributed by atoms with Gasteiger partial charge in [-0.25, -0.2) is 4.98 Å². The van der Waals surface area contributed by atoms with Crippen molar-refractivity contribution in [2.24, 2.45) is 0 Å². The third-order valence-electron chi connectivity index (χ3n) is 2.76. The van der Waals surface area contributed by atoms with E-state index in [2.05, 4.69) is 15.6 Å². The molecule has 100 valence electrons. The van der Waals surface area contributed by atoms with Gasteiger partial charge in [-0.05, 0) is 12.6 Å². The number of nitrogens with zero attached hydrogens (tertiary/aromatic N) is 2. The molecule has 0 aliphatic heterocycles. The van der Waals surface area contributed by atoms with Gasteiger partial charge < -0.3 is 9.88 Å². The zero-order valence-corrected chi connectivity index (χ0v) is 11.0. The summed E-state index contributed by atoms with van der Waals surface area (Å²) < 4.78 is 1.92. The Morgan fingerprint density at radius 3 is 2.84 bits per heavy atom. The first-order valence-corrected chi connectivity index (χ1v) is 6.29. The van der Waals surface area contributed by atoms with Crippen molar-refractivity contribution < 1.29 is 4.79 Å². The minimum absolute atomic E-state index is 0.0325. The molecule has 1 aromatic heterocycles. The summed E-state index contributed by atoms with van der Waals surface area (Å²) in [6.07, 6.45) is 3.99. The zero-order valence-electron chi connectivity index (χ0n) is 11.0. The van der Waals surface area contributed by atoms with Crippen molar-refractivity contribution >= 4 is 11.9 Å². The van der Waals surface area contributed by atoms with E-state index in [0.29, 0.717) is 25.5 Å². The maximum atomic E-state index is 11.7. The van der Waals surface area contributed by atoms with E-state index in [9.17, 15) is 4.79 Å². The van der Waals surface area contributed by atoms with Gasteiger partial charge in [0.2, 0.25) is 11.9 Å². The highest BCUT2D eigenvalue weighted by molar-refractivity contribution is 5.89. The molecule has 0 aliphatic rings. The maximum absolute atomic E-state index is 11.7. The average molecular weight is 258 g/mol. The van der Waals surface area contributed by atoms with E-state index in [1.807, 2.05) is 48.1 Å². The van der Waals surface area contributed by atoms with Crippen molar-refractivity contribution in [1.82, 2.24) is 14.9 Å². The highest BCUT2D eigenvalue weighted by atomic mass is 16.1. The van der Waals surface area contributed by atoms with Crippen LogP contribution in [-0.2, 0) is 11.3 Å². The van der Waals surface area contributed by atoms with E-state index in [1.165, 1.54) is 5.56 Å². The standard InChI is InChI=1S/C14H18N4O/c1-15-8-7-13(19)17-14-16-9-10-18(14)11-12-5-3-2-4-6-12/h2-6,9-10,15H,7-8,11H2,1H3,(H,16,17,19). The van der Waals surface area contributed by atoms with Gasteiger partial charge in [0, 0.05) is 25.4 Å². The van der Waals surface area contributed by atoms with E-state index < -0.39 is 0 Å². The number of rotatable bonds is 6. The maximum Gasteiger partial charge on any atom is 0.227 e. The predicted octanol–water partition coefficient (Wildman–Crippen LogP) is 1.48. The Balaban J connectivity index is 2.00. The number of amides is 1. The predicted molar refractivity (Wildman–Crippen MR) is 74.9 cm³/mol. The topological polar surface area (TPSA) is 59.0 Å². The van der Waals surface area contributed by atoms with Crippen LogP contribution in [0.5, 0.6) is 0 Å². The van der Waals surface area contributed by atoms with Gasteiger partial charge in [-0.2, -0.15) is 0 Å². The molecule has 0 radical (unpaired) electrons. The van der Waals surface area contributed by atoms with Crippen molar-refractivity contribution in [1.29, 1.82) is 0 Å². The molecule has 0 aliphatic carbocycles. The third-order valence-corrected chi connectivity index (χ3v) is 2.76. The normalized spacial score (nSPS) is 10.4. The summed E-state index contributed by atoms with van der Waals surface area (Å²) in [6, 6.07) is 10.1. The van der Waals surface area contributed by atoms with Gasteiger partial charge in [-0.15, -0.1) is 0 Å². The molecule has 0 saturated heterocycles.